The van der Waals surface area contributed by atoms with Crippen molar-refractivity contribution in [2.24, 2.45) is 16.8 Å². The molecule has 0 radical (unpaired) electrons. The molecule has 7 nitrogen and oxygen atoms in total. The Morgan fingerprint density at radius 1 is 1.69 bits per heavy atom. The van der Waals surface area contributed by atoms with E-state index in [-0.39, 0.29) is 0 Å². The third-order valence-electron chi connectivity index (χ3n) is 2.21. The molecular weight excluding hydrogens is 214 g/mol. The van der Waals surface area contributed by atoms with Crippen LogP contribution in [0.2, 0.25) is 0 Å². The summed E-state index contributed by atoms with van der Waals surface area (Å²) in [7, 11) is 0. The van der Waals surface area contributed by atoms with Crippen LogP contribution in [-0.4, -0.2) is 28.3 Å². The number of nitro groups is 1. The molecule has 0 fully saturated rings. The van der Waals surface area contributed by atoms with Gasteiger partial charge in [0.05, 0.1) is 12.1 Å². The number of hydrogen-bond acceptors (Lipinski definition) is 5. The van der Waals surface area contributed by atoms with Crippen LogP contribution in [-0.2, 0) is 4.79 Å². The summed E-state index contributed by atoms with van der Waals surface area (Å²) in [6.07, 6.45) is 2.71. The number of oxime groups is 1. The lowest BCUT2D eigenvalue weighted by Gasteiger charge is -2.09. The van der Waals surface area contributed by atoms with E-state index in [0.717, 1.165) is 6.21 Å². The van der Waals surface area contributed by atoms with Gasteiger partial charge >= 0.3 is 0 Å². The average molecular weight is 229 g/mol. The molecule has 0 bridgehead atoms. The second kappa shape index (κ2) is 6.54. The highest BCUT2D eigenvalue weighted by molar-refractivity contribution is 5.94. The molecule has 7 heteroatoms. The molecule has 1 amide bonds. The molecule has 3 N–H and O–H groups in total. The molecule has 0 aromatic rings. The van der Waals surface area contributed by atoms with E-state index >= 15 is 0 Å². The fourth-order valence-corrected chi connectivity index (χ4v) is 1.19. The van der Waals surface area contributed by atoms with E-state index in [9.17, 15) is 14.9 Å². The summed E-state index contributed by atoms with van der Waals surface area (Å²) in [6.45, 7) is 3.16. The Labute approximate surface area is 92.8 Å². The van der Waals surface area contributed by atoms with Crippen molar-refractivity contribution in [1.82, 2.24) is 0 Å². The van der Waals surface area contributed by atoms with Gasteiger partial charge in [0.15, 0.2) is 0 Å². The fourth-order valence-electron chi connectivity index (χ4n) is 1.19. The minimum Gasteiger partial charge on any atom is -0.411 e. The van der Waals surface area contributed by atoms with Crippen molar-refractivity contribution >= 4 is 12.1 Å². The van der Waals surface area contributed by atoms with E-state index in [1.54, 1.807) is 6.92 Å². The first-order valence-corrected chi connectivity index (χ1v) is 4.75. The predicted molar refractivity (Wildman–Crippen MR) is 57.8 cm³/mol. The molecular formula is C9H15N3O4. The molecule has 0 saturated heterocycles. The van der Waals surface area contributed by atoms with Crippen LogP contribution in [0.15, 0.2) is 16.8 Å². The van der Waals surface area contributed by atoms with Crippen LogP contribution in [0.25, 0.3) is 0 Å². The van der Waals surface area contributed by atoms with E-state index < -0.39 is 22.8 Å². The van der Waals surface area contributed by atoms with Crippen LogP contribution in [0.3, 0.4) is 0 Å². The highest BCUT2D eigenvalue weighted by Gasteiger charge is 2.20. The summed E-state index contributed by atoms with van der Waals surface area (Å²) in [6, 6.07) is -0.890. The lowest BCUT2D eigenvalue weighted by atomic mass is 10.00. The standard InChI is InChI=1S/C9H15N3O4/c1-3-7(6(2)12(15)16)4-8(5-11-14)9(10)13/h4-6,8,14H,3H2,1-2H3,(H2,10,13)/b7-4+,11-5+. The molecule has 0 aliphatic heterocycles. The van der Waals surface area contributed by atoms with Crippen LogP contribution in [0.5, 0.6) is 0 Å². The van der Waals surface area contributed by atoms with Crippen LogP contribution >= 0.6 is 0 Å². The van der Waals surface area contributed by atoms with Crippen molar-refractivity contribution in [3.05, 3.63) is 21.8 Å². The second-order valence-electron chi connectivity index (χ2n) is 3.25. The molecule has 0 saturated carbocycles. The van der Waals surface area contributed by atoms with E-state index in [1.165, 1.54) is 13.0 Å². The minimum atomic E-state index is -0.928. The van der Waals surface area contributed by atoms with Crippen molar-refractivity contribution in [3.63, 3.8) is 0 Å². The summed E-state index contributed by atoms with van der Waals surface area (Å²) in [5.74, 6) is -1.65. The van der Waals surface area contributed by atoms with Crippen molar-refractivity contribution in [1.29, 1.82) is 0 Å². The fraction of sp³-hybridized carbons (Fsp3) is 0.556. The first kappa shape index (κ1) is 14.1. The van der Waals surface area contributed by atoms with E-state index in [1.807, 2.05) is 0 Å². The van der Waals surface area contributed by atoms with Crippen molar-refractivity contribution in [3.8, 4) is 0 Å². The number of primary amides is 1. The largest absolute Gasteiger partial charge is 0.411 e. The highest BCUT2D eigenvalue weighted by Crippen LogP contribution is 2.13. The normalized spacial score (nSPS) is 16.0. The van der Waals surface area contributed by atoms with Gasteiger partial charge in [0, 0.05) is 11.8 Å². The summed E-state index contributed by atoms with van der Waals surface area (Å²) < 4.78 is 0. The number of amides is 1. The zero-order valence-corrected chi connectivity index (χ0v) is 9.16. The molecule has 90 valence electrons. The first-order chi connectivity index (χ1) is 7.43. The van der Waals surface area contributed by atoms with Gasteiger partial charge in [0.2, 0.25) is 11.9 Å². The van der Waals surface area contributed by atoms with Gasteiger partial charge in [-0.05, 0) is 12.0 Å². The predicted octanol–water partition coefficient (Wildman–Crippen LogP) is 0.550. The summed E-state index contributed by atoms with van der Waals surface area (Å²) in [5.41, 5.74) is 5.51. The zero-order valence-electron chi connectivity index (χ0n) is 9.16. The molecule has 0 aromatic carbocycles. The lowest BCUT2D eigenvalue weighted by molar-refractivity contribution is -0.508. The molecule has 2 atom stereocenters. The molecule has 0 aliphatic carbocycles. The Kier molecular flexibility index (Phi) is 5.76. The van der Waals surface area contributed by atoms with Gasteiger partial charge < -0.3 is 10.9 Å². The number of nitrogens with zero attached hydrogens (tertiary/aromatic N) is 2. The molecule has 0 aliphatic rings. The average Bonchev–Trinajstić information content (AvgIpc) is 2.22. The van der Waals surface area contributed by atoms with Crippen LogP contribution in [0, 0.1) is 16.0 Å². The molecule has 0 spiro atoms. The molecule has 2 unspecified atom stereocenters. The minimum absolute atomic E-state index is 0.422. The van der Waals surface area contributed by atoms with E-state index in [0.29, 0.717) is 12.0 Å². The quantitative estimate of drug-likeness (QED) is 0.227. The van der Waals surface area contributed by atoms with Gasteiger partial charge in [-0.3, -0.25) is 14.9 Å². The van der Waals surface area contributed by atoms with Crippen molar-refractivity contribution < 1.29 is 14.9 Å². The maximum Gasteiger partial charge on any atom is 0.231 e. The highest BCUT2D eigenvalue weighted by atomic mass is 16.6. The SMILES string of the molecule is CC/C(=C\C(/C=N/O)C(N)=O)C(C)[N+](=O)[O-]. The number of carbonyl (C=O) groups excluding carboxylic acids is 1. The van der Waals surface area contributed by atoms with E-state index in [4.69, 9.17) is 10.9 Å². The van der Waals surface area contributed by atoms with Gasteiger partial charge in [0.25, 0.3) is 0 Å². The van der Waals surface area contributed by atoms with Crippen molar-refractivity contribution in [2.75, 3.05) is 0 Å². The zero-order chi connectivity index (χ0) is 12.7. The van der Waals surface area contributed by atoms with E-state index in [2.05, 4.69) is 5.16 Å². The Balaban J connectivity index is 5.04. The molecule has 0 aromatic heterocycles. The summed E-state index contributed by atoms with van der Waals surface area (Å²) in [4.78, 5) is 21.1. The summed E-state index contributed by atoms with van der Waals surface area (Å²) >= 11 is 0. The third kappa shape index (κ3) is 4.07. The number of nitrogens with two attached hydrogens (primary N) is 1. The Hall–Kier alpha value is -1.92. The first-order valence-electron chi connectivity index (χ1n) is 4.75. The Morgan fingerprint density at radius 2 is 2.25 bits per heavy atom. The smallest absolute Gasteiger partial charge is 0.231 e. The maximum absolute atomic E-state index is 10.9. The molecule has 16 heavy (non-hydrogen) atoms. The van der Waals surface area contributed by atoms with Gasteiger partial charge in [-0.25, -0.2) is 0 Å². The third-order valence-corrected chi connectivity index (χ3v) is 2.21. The van der Waals surface area contributed by atoms with Gasteiger partial charge in [0.1, 0.15) is 0 Å². The monoisotopic (exact) mass is 229 g/mol. The topological polar surface area (TPSA) is 119 Å². The number of rotatable bonds is 6. The lowest BCUT2D eigenvalue weighted by Crippen LogP contribution is -2.25. The number of hydrogen-bond donors (Lipinski definition) is 2. The summed E-state index contributed by atoms with van der Waals surface area (Å²) in [5, 5.41) is 21.6. The number of carbonyl (C=O) groups is 1. The Morgan fingerprint density at radius 3 is 2.56 bits per heavy atom. The van der Waals surface area contributed by atoms with Gasteiger partial charge in [-0.2, -0.15) is 0 Å². The van der Waals surface area contributed by atoms with Gasteiger partial charge in [-0.1, -0.05) is 13.0 Å². The van der Waals surface area contributed by atoms with Crippen LogP contribution in [0.4, 0.5) is 0 Å². The van der Waals surface area contributed by atoms with Crippen LogP contribution < -0.4 is 5.73 Å². The second-order valence-corrected chi connectivity index (χ2v) is 3.25. The maximum atomic E-state index is 10.9. The molecule has 0 heterocycles. The Bertz CT molecular complexity index is 325. The van der Waals surface area contributed by atoms with Gasteiger partial charge in [-0.15, -0.1) is 5.16 Å². The molecule has 0 rings (SSSR count). The van der Waals surface area contributed by atoms with Crippen LogP contribution in [0.1, 0.15) is 20.3 Å². The van der Waals surface area contributed by atoms with Crippen molar-refractivity contribution in [2.45, 2.75) is 26.3 Å².